The Kier molecular flexibility index (Phi) is 5.72. The lowest BCUT2D eigenvalue weighted by molar-refractivity contribution is 0.512. The van der Waals surface area contributed by atoms with Gasteiger partial charge in [-0.25, -0.2) is 4.98 Å². The molecule has 4 rings (SSSR count). The van der Waals surface area contributed by atoms with Crippen LogP contribution in [0, 0.1) is 0 Å². The Bertz CT molecular complexity index is 892. The third kappa shape index (κ3) is 3.73. The molecule has 138 valence electrons. The van der Waals surface area contributed by atoms with Gasteiger partial charge in [0.25, 0.3) is 0 Å². The van der Waals surface area contributed by atoms with Crippen molar-refractivity contribution in [1.82, 2.24) is 4.98 Å². The Hall–Kier alpha value is -0.850. The molecule has 3 N–H and O–H groups in total. The molecule has 0 bridgehead atoms. The van der Waals surface area contributed by atoms with Crippen LogP contribution >= 0.6 is 45.9 Å². The van der Waals surface area contributed by atoms with Crippen LogP contribution in [0.3, 0.4) is 0 Å². The maximum absolute atomic E-state index is 6.76. The number of hydrogen-bond acceptors (Lipinski definition) is 5. The topological polar surface area (TPSA) is 50.9 Å². The zero-order valence-electron chi connectivity index (χ0n) is 14.3. The van der Waals surface area contributed by atoms with Gasteiger partial charge in [0.05, 0.1) is 15.4 Å². The summed E-state index contributed by atoms with van der Waals surface area (Å²) in [6, 6.07) is 6.24. The number of aromatic nitrogens is 1. The van der Waals surface area contributed by atoms with Crippen LogP contribution < -0.4 is 11.1 Å². The minimum Gasteiger partial charge on any atom is -0.379 e. The van der Waals surface area contributed by atoms with Crippen molar-refractivity contribution >= 4 is 61.8 Å². The Balaban J connectivity index is 1.72. The molecule has 0 aliphatic heterocycles. The van der Waals surface area contributed by atoms with E-state index in [0.29, 0.717) is 11.1 Å². The fourth-order valence-electron chi connectivity index (χ4n) is 3.65. The summed E-state index contributed by atoms with van der Waals surface area (Å²) in [7, 11) is 0. The number of hydrogen-bond donors (Lipinski definition) is 2. The molecule has 0 spiro atoms. The second-order valence-corrected chi connectivity index (χ2v) is 9.64. The van der Waals surface area contributed by atoms with Crippen LogP contribution in [0.15, 0.2) is 23.6 Å². The molecular weight excluding hydrogens is 405 g/mol. The highest BCUT2D eigenvalue weighted by Crippen LogP contribution is 2.46. The zero-order valence-corrected chi connectivity index (χ0v) is 17.4. The summed E-state index contributed by atoms with van der Waals surface area (Å²) in [5, 5.41) is 6.78. The number of rotatable bonds is 4. The van der Waals surface area contributed by atoms with Crippen molar-refractivity contribution in [2.75, 3.05) is 5.32 Å². The van der Waals surface area contributed by atoms with Gasteiger partial charge in [-0.1, -0.05) is 48.5 Å². The van der Waals surface area contributed by atoms with Crippen molar-refractivity contribution in [3.05, 3.63) is 43.5 Å². The predicted octanol–water partition coefficient (Wildman–Crippen LogP) is 6.65. The molecule has 0 saturated heterocycles. The summed E-state index contributed by atoms with van der Waals surface area (Å²) >= 11 is 16.5. The summed E-state index contributed by atoms with van der Waals surface area (Å²) in [5.74, 6) is 0.313. The fraction of sp³-hybridized carbons (Fsp3) is 0.421. The molecule has 26 heavy (non-hydrogen) atoms. The van der Waals surface area contributed by atoms with E-state index in [1.807, 2.05) is 6.07 Å². The van der Waals surface area contributed by atoms with Crippen molar-refractivity contribution in [2.45, 2.75) is 50.6 Å². The minimum atomic E-state index is 0.168. The second-order valence-electron chi connectivity index (χ2n) is 6.79. The monoisotopic (exact) mass is 425 g/mol. The first-order chi connectivity index (χ1) is 12.6. The van der Waals surface area contributed by atoms with E-state index in [9.17, 15) is 0 Å². The van der Waals surface area contributed by atoms with E-state index in [1.165, 1.54) is 29.0 Å². The number of fused-ring (bicyclic) bond motifs is 1. The number of anilines is 1. The van der Waals surface area contributed by atoms with Crippen molar-refractivity contribution in [3.63, 3.8) is 0 Å². The summed E-state index contributed by atoms with van der Waals surface area (Å²) in [6.07, 6.45) is 5.83. The SMILES string of the molecule is N[C@H]1CCCCC[C@H]1c1sc2c(NCc3cccs3)cc(Cl)nc2c1Cl. The predicted molar refractivity (Wildman–Crippen MR) is 115 cm³/mol. The Labute approximate surface area is 171 Å². The lowest BCUT2D eigenvalue weighted by Gasteiger charge is -2.20. The minimum absolute atomic E-state index is 0.168. The summed E-state index contributed by atoms with van der Waals surface area (Å²) in [5.41, 5.74) is 8.27. The molecule has 2 atom stereocenters. The quantitative estimate of drug-likeness (QED) is 0.363. The van der Waals surface area contributed by atoms with Gasteiger partial charge in [-0.05, 0) is 24.3 Å². The summed E-state index contributed by atoms with van der Waals surface area (Å²) in [4.78, 5) is 6.96. The standard InChI is InChI=1S/C19H21Cl2N3S2/c20-15-9-14(23-10-11-5-4-8-25-11)19-17(24-15)16(21)18(26-19)12-6-2-1-3-7-13(12)22/h4-5,8-9,12-13H,1-3,6-7,10,22H2,(H,23,24)/t12-,13+/m1/s1. The molecule has 1 saturated carbocycles. The second kappa shape index (κ2) is 8.03. The van der Waals surface area contributed by atoms with Gasteiger partial charge in [-0.2, -0.15) is 0 Å². The van der Waals surface area contributed by atoms with Crippen molar-refractivity contribution in [1.29, 1.82) is 0 Å². The molecule has 3 nitrogen and oxygen atoms in total. The zero-order chi connectivity index (χ0) is 18.1. The molecule has 3 aromatic heterocycles. The molecule has 0 radical (unpaired) electrons. The first-order valence-electron chi connectivity index (χ1n) is 8.93. The van der Waals surface area contributed by atoms with Crippen LogP contribution in [0.4, 0.5) is 5.69 Å². The van der Waals surface area contributed by atoms with Gasteiger partial charge in [-0.15, -0.1) is 22.7 Å². The van der Waals surface area contributed by atoms with Crippen molar-refractivity contribution < 1.29 is 0 Å². The van der Waals surface area contributed by atoms with Gasteiger partial charge in [0.15, 0.2) is 0 Å². The van der Waals surface area contributed by atoms with Gasteiger partial charge < -0.3 is 11.1 Å². The van der Waals surface area contributed by atoms with Crippen LogP contribution in [-0.4, -0.2) is 11.0 Å². The van der Waals surface area contributed by atoms with Gasteiger partial charge in [0, 0.05) is 34.3 Å². The van der Waals surface area contributed by atoms with E-state index in [2.05, 4.69) is 27.8 Å². The first kappa shape index (κ1) is 18.5. The van der Waals surface area contributed by atoms with E-state index < -0.39 is 0 Å². The first-order valence-corrected chi connectivity index (χ1v) is 11.4. The van der Waals surface area contributed by atoms with Crippen LogP contribution in [0.5, 0.6) is 0 Å². The molecule has 3 heterocycles. The number of nitrogens with two attached hydrogens (primary N) is 1. The van der Waals surface area contributed by atoms with Crippen molar-refractivity contribution in [2.24, 2.45) is 5.73 Å². The smallest absolute Gasteiger partial charge is 0.131 e. The average Bonchev–Trinajstić information content (AvgIpc) is 3.19. The lowest BCUT2D eigenvalue weighted by Crippen LogP contribution is -2.26. The summed E-state index contributed by atoms with van der Waals surface area (Å²) < 4.78 is 1.07. The molecule has 0 aromatic carbocycles. The number of halogens is 2. The van der Waals surface area contributed by atoms with Crippen LogP contribution in [0.1, 0.15) is 47.8 Å². The number of thiophene rings is 2. The molecule has 3 aromatic rings. The van der Waals surface area contributed by atoms with Crippen LogP contribution in [0.25, 0.3) is 10.2 Å². The van der Waals surface area contributed by atoms with Gasteiger partial charge in [-0.3, -0.25) is 0 Å². The van der Waals surface area contributed by atoms with Gasteiger partial charge in [0.1, 0.15) is 10.7 Å². The van der Waals surface area contributed by atoms with E-state index in [-0.39, 0.29) is 6.04 Å². The highest BCUT2D eigenvalue weighted by molar-refractivity contribution is 7.20. The molecule has 1 fully saturated rings. The Morgan fingerprint density at radius 1 is 1.23 bits per heavy atom. The Morgan fingerprint density at radius 3 is 2.88 bits per heavy atom. The number of nitrogens with one attached hydrogen (secondary N) is 1. The molecular formula is C19H21Cl2N3S2. The third-order valence-corrected chi connectivity index (χ3v) is 7.93. The largest absolute Gasteiger partial charge is 0.379 e. The van der Waals surface area contributed by atoms with E-state index in [0.717, 1.165) is 40.3 Å². The van der Waals surface area contributed by atoms with Crippen molar-refractivity contribution in [3.8, 4) is 0 Å². The molecule has 0 amide bonds. The van der Waals surface area contributed by atoms with Gasteiger partial charge in [0.2, 0.25) is 0 Å². The Morgan fingerprint density at radius 2 is 2.08 bits per heavy atom. The normalized spacial score (nSPS) is 21.0. The highest BCUT2D eigenvalue weighted by Gasteiger charge is 2.28. The molecule has 0 unspecified atom stereocenters. The van der Waals surface area contributed by atoms with E-state index in [4.69, 9.17) is 28.9 Å². The maximum atomic E-state index is 6.76. The molecule has 7 heteroatoms. The van der Waals surface area contributed by atoms with Gasteiger partial charge >= 0.3 is 0 Å². The van der Waals surface area contributed by atoms with Crippen LogP contribution in [0.2, 0.25) is 10.2 Å². The lowest BCUT2D eigenvalue weighted by atomic mass is 9.94. The highest BCUT2D eigenvalue weighted by atomic mass is 35.5. The molecule has 1 aliphatic carbocycles. The fourth-order valence-corrected chi connectivity index (χ4v) is 6.28. The molecule has 1 aliphatic rings. The van der Waals surface area contributed by atoms with E-state index in [1.54, 1.807) is 22.7 Å². The average molecular weight is 426 g/mol. The number of nitrogens with zero attached hydrogens (tertiary/aromatic N) is 1. The maximum Gasteiger partial charge on any atom is 0.131 e. The third-order valence-electron chi connectivity index (χ3n) is 5.02. The van der Waals surface area contributed by atoms with E-state index >= 15 is 0 Å². The van der Waals surface area contributed by atoms with Crippen LogP contribution in [-0.2, 0) is 6.54 Å². The summed E-state index contributed by atoms with van der Waals surface area (Å²) in [6.45, 7) is 0.765. The number of pyridine rings is 1.